The Balaban J connectivity index is 1.43. The molecule has 0 aliphatic carbocycles. The highest BCUT2D eigenvalue weighted by molar-refractivity contribution is 7.80. The molecule has 0 spiro atoms. The summed E-state index contributed by atoms with van der Waals surface area (Å²) < 4.78 is 11.0. The Morgan fingerprint density at radius 3 is 2.63 bits per heavy atom. The standard InChI is InChI=1S/C22H16ClN3O3S/c1-28-18-5-3-2-4-16(18)20(27)26-22(30)24-15-9-6-13(7-10-15)21-25-17-12-14(23)8-11-19(17)29-21/h2-12H,1H3,(H2,24,26,27,30). The van der Waals surface area contributed by atoms with Gasteiger partial charge in [0.05, 0.1) is 12.7 Å². The van der Waals surface area contributed by atoms with Crippen LogP contribution in [0.2, 0.25) is 5.02 Å². The Bertz CT molecular complexity index is 1240. The SMILES string of the molecule is COc1ccccc1C(=O)NC(=S)Nc1ccc(-c2nc3cc(Cl)ccc3o2)cc1. The smallest absolute Gasteiger partial charge is 0.261 e. The molecule has 0 aliphatic heterocycles. The number of carbonyl (C=O) groups excluding carboxylic acids is 1. The van der Waals surface area contributed by atoms with E-state index < -0.39 is 0 Å². The van der Waals surface area contributed by atoms with E-state index in [0.29, 0.717) is 39.0 Å². The van der Waals surface area contributed by atoms with E-state index >= 15 is 0 Å². The number of aromatic nitrogens is 1. The number of nitrogens with zero attached hydrogens (tertiary/aromatic N) is 1. The van der Waals surface area contributed by atoms with Crippen molar-refractivity contribution in [2.24, 2.45) is 0 Å². The average Bonchev–Trinajstić information content (AvgIpc) is 3.17. The molecular formula is C22H16ClN3O3S. The number of hydrogen-bond donors (Lipinski definition) is 2. The number of halogens is 1. The minimum Gasteiger partial charge on any atom is -0.496 e. The van der Waals surface area contributed by atoms with Crippen molar-refractivity contribution < 1.29 is 13.9 Å². The predicted octanol–water partition coefficient (Wildman–Crippen LogP) is 5.28. The molecule has 4 aromatic rings. The van der Waals surface area contributed by atoms with Crippen LogP contribution in [0.4, 0.5) is 5.69 Å². The summed E-state index contributed by atoms with van der Waals surface area (Å²) in [5, 5.41) is 6.41. The summed E-state index contributed by atoms with van der Waals surface area (Å²) in [6.45, 7) is 0. The van der Waals surface area contributed by atoms with Crippen LogP contribution in [0.5, 0.6) is 5.75 Å². The largest absolute Gasteiger partial charge is 0.496 e. The lowest BCUT2D eigenvalue weighted by molar-refractivity contribution is 0.0975. The normalized spacial score (nSPS) is 10.6. The summed E-state index contributed by atoms with van der Waals surface area (Å²) in [7, 11) is 1.51. The van der Waals surface area contributed by atoms with Crippen LogP contribution in [0.3, 0.4) is 0 Å². The van der Waals surface area contributed by atoms with Gasteiger partial charge in [-0.15, -0.1) is 0 Å². The van der Waals surface area contributed by atoms with Crippen molar-refractivity contribution in [3.05, 3.63) is 77.3 Å². The van der Waals surface area contributed by atoms with Crippen LogP contribution in [0.25, 0.3) is 22.6 Å². The first-order valence-corrected chi connectivity index (χ1v) is 9.74. The number of anilines is 1. The number of para-hydroxylation sites is 1. The van der Waals surface area contributed by atoms with E-state index in [1.807, 2.05) is 24.3 Å². The third-order valence-electron chi connectivity index (χ3n) is 4.32. The van der Waals surface area contributed by atoms with Gasteiger partial charge >= 0.3 is 0 Å². The summed E-state index contributed by atoms with van der Waals surface area (Å²) in [4.78, 5) is 16.9. The minimum absolute atomic E-state index is 0.176. The van der Waals surface area contributed by atoms with Crippen molar-refractivity contribution in [3.63, 3.8) is 0 Å². The summed E-state index contributed by atoms with van der Waals surface area (Å²) in [6.07, 6.45) is 0. The number of fused-ring (bicyclic) bond motifs is 1. The molecule has 30 heavy (non-hydrogen) atoms. The van der Waals surface area contributed by atoms with E-state index in [-0.39, 0.29) is 11.0 Å². The average molecular weight is 438 g/mol. The Hall–Kier alpha value is -3.42. The zero-order valence-corrected chi connectivity index (χ0v) is 17.4. The molecule has 0 bridgehead atoms. The van der Waals surface area contributed by atoms with Gasteiger partial charge in [-0.3, -0.25) is 10.1 Å². The van der Waals surface area contributed by atoms with Crippen LogP contribution < -0.4 is 15.4 Å². The van der Waals surface area contributed by atoms with Crippen molar-refractivity contribution in [1.29, 1.82) is 0 Å². The van der Waals surface area contributed by atoms with Gasteiger partial charge < -0.3 is 14.5 Å². The first-order chi connectivity index (χ1) is 14.5. The van der Waals surface area contributed by atoms with Crippen molar-refractivity contribution in [3.8, 4) is 17.2 Å². The molecule has 2 N–H and O–H groups in total. The van der Waals surface area contributed by atoms with E-state index in [0.717, 1.165) is 5.56 Å². The van der Waals surface area contributed by atoms with Crippen molar-refractivity contribution in [1.82, 2.24) is 10.3 Å². The number of thiocarbonyl (C=S) groups is 1. The number of hydrogen-bond acceptors (Lipinski definition) is 5. The van der Waals surface area contributed by atoms with Crippen molar-refractivity contribution >= 4 is 51.6 Å². The Labute approximate surface area is 182 Å². The maximum absolute atomic E-state index is 12.4. The van der Waals surface area contributed by atoms with Gasteiger partial charge in [-0.1, -0.05) is 23.7 Å². The number of carbonyl (C=O) groups is 1. The van der Waals surface area contributed by atoms with E-state index in [9.17, 15) is 4.79 Å². The van der Waals surface area contributed by atoms with Crippen LogP contribution in [-0.2, 0) is 0 Å². The maximum Gasteiger partial charge on any atom is 0.261 e. The topological polar surface area (TPSA) is 76.4 Å². The summed E-state index contributed by atoms with van der Waals surface area (Å²) in [5.41, 5.74) is 3.27. The van der Waals surface area contributed by atoms with E-state index in [1.54, 1.807) is 42.5 Å². The fourth-order valence-electron chi connectivity index (χ4n) is 2.89. The van der Waals surface area contributed by atoms with Crippen molar-refractivity contribution in [2.45, 2.75) is 0 Å². The zero-order chi connectivity index (χ0) is 21.1. The molecule has 0 unspecified atom stereocenters. The molecule has 0 saturated heterocycles. The third kappa shape index (κ3) is 4.27. The number of ether oxygens (including phenoxy) is 1. The molecule has 150 valence electrons. The lowest BCUT2D eigenvalue weighted by Crippen LogP contribution is -2.34. The molecule has 0 atom stereocenters. The molecule has 3 aromatic carbocycles. The Kier molecular flexibility index (Phi) is 5.65. The van der Waals surface area contributed by atoms with Gasteiger partial charge in [-0.25, -0.2) is 4.98 Å². The molecule has 4 rings (SSSR count). The second-order valence-corrected chi connectivity index (χ2v) is 7.16. The first kappa shape index (κ1) is 19.9. The van der Waals surface area contributed by atoms with Gasteiger partial charge in [0.2, 0.25) is 5.89 Å². The van der Waals surface area contributed by atoms with E-state index in [1.165, 1.54) is 7.11 Å². The second kappa shape index (κ2) is 8.52. The lowest BCUT2D eigenvalue weighted by atomic mass is 10.2. The first-order valence-electron chi connectivity index (χ1n) is 8.95. The third-order valence-corrected chi connectivity index (χ3v) is 4.76. The zero-order valence-electron chi connectivity index (χ0n) is 15.8. The van der Waals surface area contributed by atoms with Crippen LogP contribution in [-0.4, -0.2) is 23.1 Å². The fourth-order valence-corrected chi connectivity index (χ4v) is 3.26. The van der Waals surface area contributed by atoms with Crippen molar-refractivity contribution in [2.75, 3.05) is 12.4 Å². The minimum atomic E-state index is -0.355. The maximum atomic E-state index is 12.4. The lowest BCUT2D eigenvalue weighted by Gasteiger charge is -2.11. The van der Waals surface area contributed by atoms with Gasteiger partial charge in [0.15, 0.2) is 10.7 Å². The van der Waals surface area contributed by atoms with Gasteiger partial charge in [-0.2, -0.15) is 0 Å². The highest BCUT2D eigenvalue weighted by atomic mass is 35.5. The van der Waals surface area contributed by atoms with Gasteiger partial charge in [0, 0.05) is 16.3 Å². The van der Waals surface area contributed by atoms with Gasteiger partial charge in [0.1, 0.15) is 11.3 Å². The Morgan fingerprint density at radius 1 is 1.10 bits per heavy atom. The van der Waals surface area contributed by atoms with Crippen LogP contribution >= 0.6 is 23.8 Å². The highest BCUT2D eigenvalue weighted by Crippen LogP contribution is 2.27. The number of amides is 1. The Morgan fingerprint density at radius 2 is 1.87 bits per heavy atom. The van der Waals surface area contributed by atoms with Gasteiger partial charge in [-0.05, 0) is 66.8 Å². The molecule has 8 heteroatoms. The van der Waals surface area contributed by atoms with E-state index in [4.69, 9.17) is 33.0 Å². The molecule has 1 heterocycles. The quantitative estimate of drug-likeness (QED) is 0.423. The fraction of sp³-hybridized carbons (Fsp3) is 0.0455. The summed E-state index contributed by atoms with van der Waals surface area (Å²) in [5.74, 6) is 0.611. The molecule has 6 nitrogen and oxygen atoms in total. The molecule has 1 amide bonds. The molecular weight excluding hydrogens is 422 g/mol. The van der Waals surface area contributed by atoms with Crippen LogP contribution in [0.1, 0.15) is 10.4 Å². The van der Waals surface area contributed by atoms with Crippen LogP contribution in [0.15, 0.2) is 71.1 Å². The second-order valence-electron chi connectivity index (χ2n) is 6.32. The summed E-state index contributed by atoms with van der Waals surface area (Å²) in [6, 6.07) is 19.5. The molecule has 1 aromatic heterocycles. The number of nitrogens with one attached hydrogen (secondary N) is 2. The molecule has 0 aliphatic rings. The predicted molar refractivity (Wildman–Crippen MR) is 121 cm³/mol. The molecule has 0 fully saturated rings. The molecule has 0 saturated carbocycles. The number of rotatable bonds is 4. The summed E-state index contributed by atoms with van der Waals surface area (Å²) >= 11 is 11.2. The molecule has 0 radical (unpaired) electrons. The monoisotopic (exact) mass is 437 g/mol. The van der Waals surface area contributed by atoms with Crippen LogP contribution in [0, 0.1) is 0 Å². The number of benzene rings is 3. The number of oxazole rings is 1. The highest BCUT2D eigenvalue weighted by Gasteiger charge is 2.13. The van der Waals surface area contributed by atoms with Gasteiger partial charge in [0.25, 0.3) is 5.91 Å². The van der Waals surface area contributed by atoms with E-state index in [2.05, 4.69) is 15.6 Å². The number of methoxy groups -OCH3 is 1.